The molecule has 8 aromatic carbocycles. The van der Waals surface area contributed by atoms with Crippen LogP contribution in [0.2, 0.25) is 0 Å². The van der Waals surface area contributed by atoms with Gasteiger partial charge in [-0.2, -0.15) is 0 Å². The molecule has 10 aromatic rings. The number of hydrogen-bond donors (Lipinski definition) is 0. The van der Waals surface area contributed by atoms with E-state index in [0.717, 1.165) is 4.90 Å². The Labute approximate surface area is 314 Å². The number of fused-ring (bicyclic) bond motifs is 8. The van der Waals surface area contributed by atoms with Crippen LogP contribution in [-0.4, -0.2) is 4.57 Å². The Balaban J connectivity index is 1.50. The fraction of sp³-hybridized carbons (Fsp3) is 0. The maximum atomic E-state index is 9.76. The molecule has 2 aromatic heterocycles. The molecule has 3 nitrogen and oxygen atoms in total. The zero-order valence-corrected chi connectivity index (χ0v) is 24.9. The summed E-state index contributed by atoms with van der Waals surface area (Å²) in [5, 5.41) is -0.730. The van der Waals surface area contributed by atoms with E-state index in [2.05, 4.69) is 0 Å². The van der Waals surface area contributed by atoms with Gasteiger partial charge in [0, 0.05) is 27.2 Å². The first kappa shape index (κ1) is 13.5. The molecule has 3 heteroatoms. The SMILES string of the molecule is [2H]c1c([2H])c([2H])c(-c2c([2H])c([2H])c(N(c3c([2H])c([2H])c([2H])c([2H])c3-n3c4ccccc4c4ccccc43)c3c([2H])c([2H])c([2H])c4oc5c6c([2H])c([2H])c([2H])c([2H])c6c([2H])c([2H])c5c34)c([2H])c2[2H])c([2H])c1[2H]. The summed E-state index contributed by atoms with van der Waals surface area (Å²) in [7, 11) is 0. The predicted octanol–water partition coefficient (Wildman–Crippen LogP) is 13.0. The minimum atomic E-state index is -1.07. The molecule has 0 aliphatic carbocycles. The Morgan fingerprint density at radius 1 is 0.490 bits per heavy atom. The molecule has 0 aliphatic heterocycles. The van der Waals surface area contributed by atoms with Gasteiger partial charge in [0.05, 0.1) is 63.6 Å². The number of anilines is 3. The highest BCUT2D eigenvalue weighted by Gasteiger charge is 2.24. The van der Waals surface area contributed by atoms with Gasteiger partial charge in [-0.15, -0.1) is 0 Å². The summed E-state index contributed by atoms with van der Waals surface area (Å²) in [4.78, 5) is 0.744. The van der Waals surface area contributed by atoms with E-state index >= 15 is 0 Å². The van der Waals surface area contributed by atoms with Crippen LogP contribution < -0.4 is 4.90 Å². The Morgan fingerprint density at radius 2 is 1.14 bits per heavy atom. The highest BCUT2D eigenvalue weighted by Crippen LogP contribution is 2.47. The van der Waals surface area contributed by atoms with Gasteiger partial charge in [0.15, 0.2) is 0 Å². The van der Waals surface area contributed by atoms with E-state index in [1.807, 2.05) is 0 Å². The van der Waals surface area contributed by atoms with Crippen molar-refractivity contribution in [2.45, 2.75) is 0 Å². The summed E-state index contributed by atoms with van der Waals surface area (Å²) in [6, 6.07) is -5.43. The Hall–Kier alpha value is -6.58. The molecular weight excluding hydrogens is 597 g/mol. The van der Waals surface area contributed by atoms with Gasteiger partial charge >= 0.3 is 0 Å². The number of hydrogen-bond acceptors (Lipinski definition) is 2. The molecule has 0 N–H and O–H groups in total. The predicted molar refractivity (Wildman–Crippen MR) is 206 cm³/mol. The van der Waals surface area contributed by atoms with Crippen molar-refractivity contribution in [3.05, 3.63) is 181 Å². The lowest BCUT2D eigenvalue weighted by molar-refractivity contribution is 0.672. The monoisotopic (exact) mass is 648 g/mol. The zero-order chi connectivity index (χ0) is 51.5. The topological polar surface area (TPSA) is 21.3 Å². The lowest BCUT2D eigenvalue weighted by Crippen LogP contribution is -2.13. The average molecular weight is 649 g/mol. The number of furan rings is 1. The van der Waals surface area contributed by atoms with E-state index in [1.165, 1.54) is 4.57 Å². The van der Waals surface area contributed by atoms with E-state index in [4.69, 9.17) is 22.2 Å². The normalized spacial score (nSPS) is 18.0. The second-order valence-electron chi connectivity index (χ2n) is 10.9. The summed E-state index contributed by atoms with van der Waals surface area (Å²) in [5.41, 5.74) is -4.66. The lowest BCUT2D eigenvalue weighted by atomic mass is 10.0. The highest BCUT2D eigenvalue weighted by atomic mass is 16.3. The minimum absolute atomic E-state index is 0.358. The third-order valence-corrected chi connectivity index (χ3v) is 8.21. The quantitative estimate of drug-likeness (QED) is 0.185. The third-order valence-electron chi connectivity index (χ3n) is 8.21. The molecule has 0 saturated heterocycles. The van der Waals surface area contributed by atoms with Crippen LogP contribution in [0.5, 0.6) is 0 Å². The molecule has 2 heterocycles. The molecule has 0 radical (unpaired) electrons. The van der Waals surface area contributed by atoms with Crippen LogP contribution in [-0.2, 0) is 0 Å². The third kappa shape index (κ3) is 4.29. The van der Waals surface area contributed by atoms with Gasteiger partial charge in [0.1, 0.15) is 11.2 Å². The second-order valence-corrected chi connectivity index (χ2v) is 10.9. The van der Waals surface area contributed by atoms with Crippen LogP contribution in [0.15, 0.2) is 186 Å². The molecule has 0 bridgehead atoms. The number of benzene rings is 8. The molecule has 0 saturated carbocycles. The van der Waals surface area contributed by atoms with E-state index in [0.29, 0.717) is 21.8 Å². The molecular formula is C46H30N2O. The van der Waals surface area contributed by atoms with Gasteiger partial charge in [-0.05, 0) is 70.9 Å². The molecule has 0 unspecified atom stereocenters. The van der Waals surface area contributed by atoms with Crippen molar-refractivity contribution < 1.29 is 34.6 Å². The first-order valence-corrected chi connectivity index (χ1v) is 14.9. The van der Waals surface area contributed by atoms with E-state index in [-0.39, 0.29) is 0 Å². The van der Waals surface area contributed by atoms with Crippen molar-refractivity contribution >= 4 is 71.6 Å². The zero-order valence-electron chi connectivity index (χ0n) is 46.9. The van der Waals surface area contributed by atoms with Gasteiger partial charge < -0.3 is 13.9 Å². The van der Waals surface area contributed by atoms with Crippen LogP contribution >= 0.6 is 0 Å². The number of rotatable bonds is 5. The second kappa shape index (κ2) is 11.0. The number of nitrogens with zero attached hydrogens (tertiary/aromatic N) is 2. The van der Waals surface area contributed by atoms with E-state index < -0.39 is 200 Å². The Bertz CT molecular complexity index is 4000. The summed E-state index contributed by atoms with van der Waals surface area (Å²) < 4.78 is 207. The molecule has 49 heavy (non-hydrogen) atoms. The smallest absolute Gasteiger partial charge is 0.143 e. The van der Waals surface area contributed by atoms with Crippen LogP contribution in [0.1, 0.15) is 30.2 Å². The van der Waals surface area contributed by atoms with Crippen molar-refractivity contribution in [3.8, 4) is 16.8 Å². The first-order chi connectivity index (χ1) is 33.5. The van der Waals surface area contributed by atoms with Gasteiger partial charge in [-0.1, -0.05) is 127 Å². The van der Waals surface area contributed by atoms with Gasteiger partial charge in [0.25, 0.3) is 0 Å². The standard InChI is InChI=1S/C46H30N2O/c1-2-13-31(14-3-1)32-25-28-34(29-26-32)47(43-23-12-24-44-45(43)38-30-27-33-15-4-5-16-35(33)46(38)49-44)41-21-10-11-22-42(41)48-39-19-8-6-17-36(39)37-18-7-9-20-40(37)48/h1-30H/i1D,2D,3D,4D,5D,10D,11D,12D,13D,14D,15D,16D,21D,22D,23D,24D,25D,26D,27D,28D,29D,30D. The molecule has 10 rings (SSSR count). The maximum absolute atomic E-state index is 9.76. The summed E-state index contributed by atoms with van der Waals surface area (Å²) in [6.07, 6.45) is 0. The molecule has 0 amide bonds. The first-order valence-electron chi connectivity index (χ1n) is 25.9. The van der Waals surface area contributed by atoms with Gasteiger partial charge in [-0.3, -0.25) is 0 Å². The molecule has 0 spiro atoms. The fourth-order valence-corrected chi connectivity index (χ4v) is 6.16. The molecule has 0 atom stereocenters. The fourth-order valence-electron chi connectivity index (χ4n) is 6.16. The van der Waals surface area contributed by atoms with Crippen molar-refractivity contribution in [2.75, 3.05) is 4.90 Å². The average Bonchev–Trinajstić information content (AvgIpc) is 3.91. The van der Waals surface area contributed by atoms with Crippen LogP contribution in [0.4, 0.5) is 17.1 Å². The Morgan fingerprint density at radius 3 is 1.94 bits per heavy atom. The minimum Gasteiger partial charge on any atom is -0.455 e. The van der Waals surface area contributed by atoms with Crippen molar-refractivity contribution in [1.82, 2.24) is 4.57 Å². The molecule has 230 valence electrons. The van der Waals surface area contributed by atoms with E-state index in [1.54, 1.807) is 48.5 Å². The molecule has 0 aliphatic rings. The highest BCUT2D eigenvalue weighted by molar-refractivity contribution is 6.20. The van der Waals surface area contributed by atoms with Gasteiger partial charge in [-0.25, -0.2) is 0 Å². The van der Waals surface area contributed by atoms with Gasteiger partial charge in [0.2, 0.25) is 0 Å². The summed E-state index contributed by atoms with van der Waals surface area (Å²) in [6.45, 7) is 0. The maximum Gasteiger partial charge on any atom is 0.143 e. The summed E-state index contributed by atoms with van der Waals surface area (Å²) in [5.74, 6) is 0. The van der Waals surface area contributed by atoms with Crippen LogP contribution in [0.3, 0.4) is 0 Å². The van der Waals surface area contributed by atoms with E-state index in [9.17, 15) is 12.3 Å². The van der Waals surface area contributed by atoms with Crippen LogP contribution in [0, 0.1) is 0 Å². The number of para-hydroxylation sites is 4. The number of aromatic nitrogens is 1. The van der Waals surface area contributed by atoms with Crippen molar-refractivity contribution in [3.63, 3.8) is 0 Å². The molecule has 0 fully saturated rings. The van der Waals surface area contributed by atoms with Crippen LogP contribution in [0.25, 0.3) is 71.3 Å². The van der Waals surface area contributed by atoms with Crippen molar-refractivity contribution in [1.29, 1.82) is 0 Å². The summed E-state index contributed by atoms with van der Waals surface area (Å²) >= 11 is 0. The lowest BCUT2D eigenvalue weighted by Gasteiger charge is -2.29. The Kier molecular flexibility index (Phi) is 3.03. The van der Waals surface area contributed by atoms with Crippen molar-refractivity contribution in [2.24, 2.45) is 0 Å². The largest absolute Gasteiger partial charge is 0.455 e.